The second kappa shape index (κ2) is 8.41. The minimum atomic E-state index is -0.793. The third kappa shape index (κ3) is 5.63. The van der Waals surface area contributed by atoms with Crippen molar-refractivity contribution in [2.45, 2.75) is 15.2 Å². The van der Waals surface area contributed by atoms with Gasteiger partial charge in [-0.05, 0) is 37.3 Å². The number of alkyl halides is 3. The Morgan fingerprint density at radius 2 is 1.71 bits per heavy atom. The van der Waals surface area contributed by atoms with Crippen molar-refractivity contribution in [3.8, 4) is 0 Å². The van der Waals surface area contributed by atoms with Gasteiger partial charge in [0.2, 0.25) is 0 Å². The first-order valence-electron chi connectivity index (χ1n) is 6.82. The summed E-state index contributed by atoms with van der Waals surface area (Å²) >= 11 is 22.5. The Balaban J connectivity index is 2.21. The van der Waals surface area contributed by atoms with Crippen molar-refractivity contribution < 1.29 is 4.79 Å². The van der Waals surface area contributed by atoms with Crippen LogP contribution in [0.15, 0.2) is 42.5 Å². The number of hydrogen-bond donors (Lipinski definition) is 2. The van der Waals surface area contributed by atoms with Gasteiger partial charge in [-0.25, -0.2) is 0 Å². The van der Waals surface area contributed by atoms with Gasteiger partial charge in [0.15, 0.2) is 2.14 Å². The number of benzene rings is 2. The van der Waals surface area contributed by atoms with E-state index in [0.29, 0.717) is 21.3 Å². The summed E-state index contributed by atoms with van der Waals surface area (Å²) in [5.41, 5.74) is 2.24. The number of amides is 1. The fraction of sp³-hybridized carbons (Fsp3) is 0.188. The number of aryl methyl sites for hydroxylation is 1. The van der Waals surface area contributed by atoms with E-state index in [-0.39, 0.29) is 5.91 Å². The molecule has 24 heavy (non-hydrogen) atoms. The lowest BCUT2D eigenvalue weighted by Gasteiger charge is -2.29. The number of halogens is 5. The molecule has 1 amide bonds. The molecular weight excluding hydrogens is 547 g/mol. The van der Waals surface area contributed by atoms with Crippen LogP contribution in [0, 0.1) is 6.92 Å². The number of carbonyl (C=O) groups excluding carboxylic acids is 1. The lowest BCUT2D eigenvalue weighted by molar-refractivity contribution is 0.0943. The fourth-order valence-electron chi connectivity index (χ4n) is 1.88. The highest BCUT2D eigenvalue weighted by molar-refractivity contribution is 9.39. The maximum absolute atomic E-state index is 12.5. The van der Waals surface area contributed by atoms with Crippen LogP contribution in [0.4, 0.5) is 5.69 Å². The Morgan fingerprint density at radius 3 is 2.29 bits per heavy atom. The molecule has 0 aliphatic carbocycles. The average Bonchev–Trinajstić information content (AvgIpc) is 2.49. The molecule has 0 spiro atoms. The second-order valence-electron chi connectivity index (χ2n) is 5.08. The van der Waals surface area contributed by atoms with Gasteiger partial charge in [-0.15, -0.1) is 0 Å². The number of anilines is 1. The normalized spacial score (nSPS) is 12.6. The van der Waals surface area contributed by atoms with Gasteiger partial charge in [0.1, 0.15) is 6.17 Å². The van der Waals surface area contributed by atoms with Gasteiger partial charge in [-0.1, -0.05) is 88.7 Å². The number of rotatable bonds is 4. The summed E-state index contributed by atoms with van der Waals surface area (Å²) in [5, 5.41) is 7.07. The lowest BCUT2D eigenvalue weighted by atomic mass is 10.1. The number of carbonyl (C=O) groups is 1. The molecule has 2 aromatic rings. The van der Waals surface area contributed by atoms with Crippen LogP contribution in [0.1, 0.15) is 15.9 Å². The van der Waals surface area contributed by atoms with Gasteiger partial charge in [-0.2, -0.15) is 0 Å². The van der Waals surface area contributed by atoms with E-state index in [0.717, 1.165) is 5.56 Å². The van der Waals surface area contributed by atoms with Gasteiger partial charge < -0.3 is 10.6 Å². The van der Waals surface area contributed by atoms with Crippen LogP contribution in [0.25, 0.3) is 0 Å². The van der Waals surface area contributed by atoms with Crippen molar-refractivity contribution in [3.63, 3.8) is 0 Å². The Hall–Kier alpha value is -0.270. The van der Waals surface area contributed by atoms with E-state index in [1.54, 1.807) is 30.3 Å². The van der Waals surface area contributed by atoms with E-state index in [2.05, 4.69) is 58.4 Å². The van der Waals surface area contributed by atoms with E-state index in [1.807, 2.05) is 19.1 Å². The van der Waals surface area contributed by atoms with Crippen LogP contribution in [0.2, 0.25) is 10.0 Å². The Bertz CT molecular complexity index is 733. The van der Waals surface area contributed by atoms with Gasteiger partial charge >= 0.3 is 0 Å². The maximum Gasteiger partial charge on any atom is 0.252 e. The molecule has 2 N–H and O–H groups in total. The summed E-state index contributed by atoms with van der Waals surface area (Å²) < 4.78 is -0.793. The zero-order chi connectivity index (χ0) is 17.9. The van der Waals surface area contributed by atoms with Crippen molar-refractivity contribution in [2.75, 3.05) is 5.32 Å². The molecule has 0 fully saturated rings. The van der Waals surface area contributed by atoms with E-state index >= 15 is 0 Å². The molecule has 0 bridgehead atoms. The van der Waals surface area contributed by atoms with Crippen molar-refractivity contribution in [1.82, 2.24) is 5.32 Å². The molecule has 0 aliphatic rings. The van der Waals surface area contributed by atoms with Gasteiger partial charge in [0.05, 0.1) is 10.7 Å². The van der Waals surface area contributed by atoms with E-state index in [4.69, 9.17) is 23.2 Å². The third-order valence-corrected chi connectivity index (χ3v) is 5.08. The third-order valence-electron chi connectivity index (χ3n) is 3.14. The number of nitrogens with one attached hydrogen (secondary N) is 2. The quantitative estimate of drug-likeness (QED) is 0.341. The van der Waals surface area contributed by atoms with Gasteiger partial charge in [0, 0.05) is 10.6 Å². The van der Waals surface area contributed by atoms with Crippen molar-refractivity contribution in [3.05, 3.63) is 63.6 Å². The highest BCUT2D eigenvalue weighted by Crippen LogP contribution is 2.38. The summed E-state index contributed by atoms with van der Waals surface area (Å²) in [4.78, 5) is 12.5. The average molecular weight is 560 g/mol. The first-order valence-corrected chi connectivity index (χ1v) is 9.96. The zero-order valence-corrected chi connectivity index (χ0v) is 18.7. The van der Waals surface area contributed by atoms with Crippen LogP contribution in [-0.2, 0) is 0 Å². The lowest BCUT2D eigenvalue weighted by Crippen LogP contribution is -2.48. The molecule has 0 saturated heterocycles. The molecule has 3 nitrogen and oxygen atoms in total. The highest BCUT2D eigenvalue weighted by atomic mass is 80.0. The molecule has 0 aromatic heterocycles. The Kier molecular flexibility index (Phi) is 7.02. The minimum Gasteiger partial charge on any atom is -0.361 e. The largest absolute Gasteiger partial charge is 0.361 e. The van der Waals surface area contributed by atoms with E-state index in [1.165, 1.54) is 0 Å². The Morgan fingerprint density at radius 1 is 1.08 bits per heavy atom. The molecule has 0 unspecified atom stereocenters. The smallest absolute Gasteiger partial charge is 0.252 e. The zero-order valence-electron chi connectivity index (χ0n) is 12.4. The predicted molar refractivity (Wildman–Crippen MR) is 112 cm³/mol. The van der Waals surface area contributed by atoms with Crippen LogP contribution >= 0.6 is 71.0 Å². The summed E-state index contributed by atoms with van der Waals surface area (Å²) in [5.74, 6) is -0.228. The summed E-state index contributed by atoms with van der Waals surface area (Å²) in [6, 6.07) is 12.4. The van der Waals surface area contributed by atoms with Crippen LogP contribution in [0.5, 0.6) is 0 Å². The molecule has 0 saturated carbocycles. The fourth-order valence-corrected chi connectivity index (χ4v) is 2.91. The van der Waals surface area contributed by atoms with E-state index in [9.17, 15) is 4.79 Å². The van der Waals surface area contributed by atoms with Gasteiger partial charge in [0.25, 0.3) is 5.91 Å². The molecule has 0 aliphatic heterocycles. The van der Waals surface area contributed by atoms with Crippen LogP contribution in [0.3, 0.4) is 0 Å². The topological polar surface area (TPSA) is 41.1 Å². The molecule has 1 atom stereocenters. The first kappa shape index (κ1) is 20.0. The summed E-state index contributed by atoms with van der Waals surface area (Å²) in [7, 11) is 0. The van der Waals surface area contributed by atoms with Crippen molar-refractivity contribution in [1.29, 1.82) is 0 Å². The SMILES string of the molecule is Cc1ccc(C(=O)N[C@@H](Nc2cc(Cl)ccc2Cl)C(Br)(Br)Br)cc1. The minimum absolute atomic E-state index is 0.228. The van der Waals surface area contributed by atoms with E-state index < -0.39 is 8.31 Å². The van der Waals surface area contributed by atoms with Crippen molar-refractivity contribution >= 4 is 82.6 Å². The number of hydrogen-bond acceptors (Lipinski definition) is 2. The maximum atomic E-state index is 12.5. The molecule has 0 radical (unpaired) electrons. The summed E-state index contributed by atoms with van der Waals surface area (Å²) in [6.45, 7) is 1.97. The molecule has 0 heterocycles. The second-order valence-corrected chi connectivity index (χ2v) is 12.9. The molecule has 2 aromatic carbocycles. The molecule has 128 valence electrons. The van der Waals surface area contributed by atoms with Crippen molar-refractivity contribution in [2.24, 2.45) is 0 Å². The van der Waals surface area contributed by atoms with Crippen LogP contribution in [-0.4, -0.2) is 14.2 Å². The summed E-state index contributed by atoms with van der Waals surface area (Å²) in [6.07, 6.45) is -0.567. The Labute approximate surface area is 175 Å². The molecule has 2 rings (SSSR count). The van der Waals surface area contributed by atoms with Gasteiger partial charge in [-0.3, -0.25) is 4.79 Å². The first-order chi connectivity index (χ1) is 11.2. The highest BCUT2D eigenvalue weighted by Gasteiger charge is 2.33. The standard InChI is InChI=1S/C16H13Br3Cl2N2O/c1-9-2-4-10(5-3-9)14(24)23-15(16(17,18)19)22-13-8-11(20)6-7-12(13)21/h2-8,15,22H,1H3,(H,23,24)/t15-/m1/s1. The predicted octanol–water partition coefficient (Wildman–Crippen LogP) is 6.31. The monoisotopic (exact) mass is 556 g/mol. The molecule has 8 heteroatoms. The van der Waals surface area contributed by atoms with Crippen LogP contribution < -0.4 is 10.6 Å². The molecular formula is C16H13Br3Cl2N2O.